The molecule has 4 nitrogen and oxygen atoms in total. The topological polar surface area (TPSA) is 48.3 Å². The Labute approximate surface area is 122 Å². The van der Waals surface area contributed by atoms with E-state index in [4.69, 9.17) is 4.74 Å². The van der Waals surface area contributed by atoms with E-state index in [0.717, 1.165) is 11.6 Å². The van der Waals surface area contributed by atoms with Gasteiger partial charge in [0.15, 0.2) is 5.43 Å². The molecule has 0 atom stereocenters. The quantitative estimate of drug-likeness (QED) is 0.466. The number of hydrogen-bond acceptors (Lipinski definition) is 3. The summed E-state index contributed by atoms with van der Waals surface area (Å²) in [6.07, 6.45) is 1.75. The van der Waals surface area contributed by atoms with Crippen LogP contribution in [0.2, 0.25) is 0 Å². The number of aryl methyl sites for hydroxylation is 1. The van der Waals surface area contributed by atoms with E-state index >= 15 is 0 Å². The molecule has 0 bridgehead atoms. The second kappa shape index (κ2) is 6.22. The van der Waals surface area contributed by atoms with Crippen LogP contribution in [0.5, 0.6) is 0 Å². The summed E-state index contributed by atoms with van der Waals surface area (Å²) in [6, 6.07) is 7.35. The Kier molecular flexibility index (Phi) is 4.38. The van der Waals surface area contributed by atoms with Gasteiger partial charge in [-0.15, -0.1) is 0 Å². The van der Waals surface area contributed by atoms with Crippen LogP contribution in [-0.2, 0) is 16.1 Å². The van der Waals surface area contributed by atoms with Gasteiger partial charge in [-0.2, -0.15) is 0 Å². The van der Waals surface area contributed by atoms with Gasteiger partial charge < -0.3 is 9.30 Å². The van der Waals surface area contributed by atoms with Crippen LogP contribution in [0.15, 0.2) is 41.7 Å². The smallest absolute Gasteiger partial charge is 0.330 e. The van der Waals surface area contributed by atoms with Crippen molar-refractivity contribution in [1.29, 1.82) is 0 Å². The molecule has 1 aromatic carbocycles. The minimum Gasteiger partial charge on any atom is -0.462 e. The maximum atomic E-state index is 12.2. The molecule has 108 valence electrons. The third-order valence-electron chi connectivity index (χ3n) is 3.32. The molecule has 0 saturated carbocycles. The van der Waals surface area contributed by atoms with Gasteiger partial charge in [0, 0.05) is 28.6 Å². The number of rotatable bonds is 5. The summed E-state index contributed by atoms with van der Waals surface area (Å²) >= 11 is 0. The summed E-state index contributed by atoms with van der Waals surface area (Å²) in [5.74, 6) is -0.438. The van der Waals surface area contributed by atoms with Gasteiger partial charge in [0.1, 0.15) is 0 Å². The molecule has 1 heterocycles. The van der Waals surface area contributed by atoms with Crippen molar-refractivity contribution in [2.24, 2.45) is 0 Å². The summed E-state index contributed by atoms with van der Waals surface area (Å²) in [4.78, 5) is 23.2. The number of esters is 1. The number of fused-ring (bicyclic) bond motifs is 1. The monoisotopic (exact) mass is 283 g/mol. The molecule has 0 aliphatic rings. The minimum atomic E-state index is -0.438. The lowest BCUT2D eigenvalue weighted by molar-refractivity contribution is -0.137. The van der Waals surface area contributed by atoms with Crippen LogP contribution in [-0.4, -0.2) is 17.1 Å². The van der Waals surface area contributed by atoms with Crippen molar-refractivity contribution in [2.45, 2.75) is 13.0 Å². The molecule has 0 N–H and O–H groups in total. The fourth-order valence-electron chi connectivity index (χ4n) is 2.21. The molecule has 0 radical (unpaired) electrons. The molecular weight excluding hydrogens is 266 g/mol. The van der Waals surface area contributed by atoms with Crippen molar-refractivity contribution in [3.63, 3.8) is 0 Å². The molecule has 0 amide bonds. The van der Waals surface area contributed by atoms with Gasteiger partial charge >= 0.3 is 5.97 Å². The first-order chi connectivity index (χ1) is 10.1. The summed E-state index contributed by atoms with van der Waals surface area (Å²) in [5, 5.41) is 1.61. The number of para-hydroxylation sites is 1. The van der Waals surface area contributed by atoms with Gasteiger partial charge in [0.05, 0.1) is 12.1 Å². The molecule has 0 aliphatic carbocycles. The van der Waals surface area contributed by atoms with Crippen LogP contribution >= 0.6 is 0 Å². The standard InChI is InChI=1S/C17H17NO3/c1-4-16(19)21-11-7-10-18-13(3)12(2)17(20)14-8-5-6-9-15(14)18/h4-6,8-9H,1-3,7,10-11H2. The van der Waals surface area contributed by atoms with E-state index in [1.807, 2.05) is 22.8 Å². The summed E-state index contributed by atoms with van der Waals surface area (Å²) < 4.78 is 6.88. The van der Waals surface area contributed by atoms with Crippen LogP contribution < -0.4 is 16.0 Å². The maximum absolute atomic E-state index is 12.2. The summed E-state index contributed by atoms with van der Waals surface area (Å²) in [5.41, 5.74) is 0.722. The number of benzene rings is 1. The zero-order chi connectivity index (χ0) is 15.4. The molecule has 4 heteroatoms. The van der Waals surface area contributed by atoms with E-state index in [-0.39, 0.29) is 12.0 Å². The Bertz CT molecular complexity index is 849. The molecule has 1 aromatic heterocycles. The Hall–Kier alpha value is -2.62. The van der Waals surface area contributed by atoms with Crippen LogP contribution in [0.3, 0.4) is 0 Å². The molecule has 0 saturated heterocycles. The number of pyridine rings is 1. The van der Waals surface area contributed by atoms with Crippen molar-refractivity contribution in [3.8, 4) is 0 Å². The van der Waals surface area contributed by atoms with Gasteiger partial charge in [-0.05, 0) is 18.6 Å². The third kappa shape index (κ3) is 2.94. The van der Waals surface area contributed by atoms with Crippen LogP contribution in [0.1, 0.15) is 6.42 Å². The number of aromatic nitrogens is 1. The maximum Gasteiger partial charge on any atom is 0.330 e. The Morgan fingerprint density at radius 2 is 2.00 bits per heavy atom. The fourth-order valence-corrected chi connectivity index (χ4v) is 2.21. The lowest BCUT2D eigenvalue weighted by Gasteiger charge is -2.12. The summed E-state index contributed by atoms with van der Waals surface area (Å²) in [7, 11) is 0. The number of nitrogens with zero attached hydrogens (tertiary/aromatic N) is 1. The molecule has 2 rings (SSSR count). The molecule has 0 fully saturated rings. The highest BCUT2D eigenvalue weighted by molar-refractivity contribution is 5.81. The normalized spacial score (nSPS) is 10.5. The molecule has 0 aliphatic heterocycles. The van der Waals surface area contributed by atoms with Crippen LogP contribution in [0, 0.1) is 0 Å². The predicted molar refractivity (Wildman–Crippen MR) is 84.3 cm³/mol. The van der Waals surface area contributed by atoms with Gasteiger partial charge in [-0.3, -0.25) is 4.79 Å². The third-order valence-corrected chi connectivity index (χ3v) is 3.32. The van der Waals surface area contributed by atoms with Gasteiger partial charge in [-0.1, -0.05) is 31.9 Å². The highest BCUT2D eigenvalue weighted by Gasteiger charge is 2.05. The number of ether oxygens (including phenoxy) is 1. The number of carbonyl (C=O) groups excluding carboxylic acids is 1. The first kappa shape index (κ1) is 14.8. The average Bonchev–Trinajstić information content (AvgIpc) is 2.51. The molecule has 0 spiro atoms. The van der Waals surface area contributed by atoms with E-state index in [9.17, 15) is 9.59 Å². The van der Waals surface area contributed by atoms with E-state index in [2.05, 4.69) is 19.7 Å². The lowest BCUT2D eigenvalue weighted by Crippen LogP contribution is -2.43. The second-order valence-corrected chi connectivity index (χ2v) is 4.65. The first-order valence-corrected chi connectivity index (χ1v) is 6.65. The van der Waals surface area contributed by atoms with E-state index < -0.39 is 5.97 Å². The van der Waals surface area contributed by atoms with Crippen molar-refractivity contribution in [1.82, 2.24) is 4.57 Å². The number of hydrogen-bond donors (Lipinski definition) is 0. The number of carbonyl (C=O) groups is 1. The van der Waals surface area contributed by atoms with Gasteiger partial charge in [0.2, 0.25) is 0 Å². The van der Waals surface area contributed by atoms with Crippen LogP contribution in [0.4, 0.5) is 0 Å². The lowest BCUT2D eigenvalue weighted by atomic mass is 10.1. The van der Waals surface area contributed by atoms with Crippen molar-refractivity contribution >= 4 is 30.0 Å². The predicted octanol–water partition coefficient (Wildman–Crippen LogP) is 0.941. The molecule has 2 aromatic rings. The summed E-state index contributed by atoms with van der Waals surface area (Å²) in [6.45, 7) is 12.0. The zero-order valence-electron chi connectivity index (χ0n) is 11.8. The average molecular weight is 283 g/mol. The molecule has 21 heavy (non-hydrogen) atoms. The van der Waals surface area contributed by atoms with Gasteiger partial charge in [-0.25, -0.2) is 4.79 Å². The molecular formula is C17H17NO3. The fraction of sp³-hybridized carbons (Fsp3) is 0.176. The second-order valence-electron chi connectivity index (χ2n) is 4.65. The minimum absolute atomic E-state index is 0.0927. The van der Waals surface area contributed by atoms with E-state index in [1.54, 1.807) is 6.07 Å². The largest absolute Gasteiger partial charge is 0.462 e. The Morgan fingerprint density at radius 1 is 1.29 bits per heavy atom. The van der Waals surface area contributed by atoms with E-state index in [0.29, 0.717) is 28.9 Å². The zero-order valence-corrected chi connectivity index (χ0v) is 11.8. The van der Waals surface area contributed by atoms with Gasteiger partial charge in [0.25, 0.3) is 0 Å². The SMILES string of the molecule is C=CC(=O)OCCCn1c(=C)c(=C)c(=O)c2ccccc21. The first-order valence-electron chi connectivity index (χ1n) is 6.65. The molecule has 0 unspecified atom stereocenters. The van der Waals surface area contributed by atoms with Crippen molar-refractivity contribution in [2.75, 3.05) is 6.61 Å². The van der Waals surface area contributed by atoms with Crippen molar-refractivity contribution in [3.05, 3.63) is 57.7 Å². The Morgan fingerprint density at radius 3 is 2.71 bits per heavy atom. The van der Waals surface area contributed by atoms with E-state index in [1.165, 1.54) is 0 Å². The highest BCUT2D eigenvalue weighted by Crippen LogP contribution is 2.06. The Balaban J connectivity index is 2.34. The van der Waals surface area contributed by atoms with Crippen molar-refractivity contribution < 1.29 is 9.53 Å². The van der Waals surface area contributed by atoms with Crippen LogP contribution in [0.25, 0.3) is 24.1 Å². The highest BCUT2D eigenvalue weighted by atomic mass is 16.5.